The van der Waals surface area contributed by atoms with Gasteiger partial charge < -0.3 is 0 Å². The van der Waals surface area contributed by atoms with Gasteiger partial charge in [-0.3, -0.25) is 0 Å². The lowest BCUT2D eigenvalue weighted by atomic mass is 9.69. The van der Waals surface area contributed by atoms with Gasteiger partial charge in [0.15, 0.2) is 0 Å². The molecule has 28 heavy (non-hydrogen) atoms. The van der Waals surface area contributed by atoms with E-state index in [9.17, 15) is 0 Å². The molecule has 0 heteroatoms. The zero-order chi connectivity index (χ0) is 19.9. The fraction of sp³-hybridized carbons (Fsp3) is 0.286. The number of benzene rings is 2. The van der Waals surface area contributed by atoms with Crippen molar-refractivity contribution in [3.05, 3.63) is 94.6 Å². The van der Waals surface area contributed by atoms with Crippen LogP contribution in [0.25, 0.3) is 12.2 Å². The summed E-state index contributed by atoms with van der Waals surface area (Å²) in [6.45, 7) is 6.35. The second kappa shape index (κ2) is 9.43. The van der Waals surface area contributed by atoms with Crippen molar-refractivity contribution in [3.8, 4) is 12.3 Å². The molecule has 0 amide bonds. The van der Waals surface area contributed by atoms with Gasteiger partial charge >= 0.3 is 0 Å². The molecule has 0 heterocycles. The Morgan fingerprint density at radius 3 is 2.43 bits per heavy atom. The van der Waals surface area contributed by atoms with Crippen LogP contribution in [-0.4, -0.2) is 0 Å². The summed E-state index contributed by atoms with van der Waals surface area (Å²) in [6.07, 6.45) is 19.8. The SMILES string of the molecule is C#CC1C2=Cc3ccccc3CC2C(C=CC)/C=C\c2ccccc21.CCC. The molecule has 2 aliphatic carbocycles. The minimum Gasteiger partial charge on any atom is -0.119 e. The summed E-state index contributed by atoms with van der Waals surface area (Å²) in [5.74, 6) is 3.91. The summed E-state index contributed by atoms with van der Waals surface area (Å²) in [7, 11) is 0. The zero-order valence-electron chi connectivity index (χ0n) is 17.2. The lowest BCUT2D eigenvalue weighted by Crippen LogP contribution is -2.25. The Hall–Kier alpha value is -2.78. The van der Waals surface area contributed by atoms with Gasteiger partial charge in [-0.05, 0) is 47.1 Å². The highest BCUT2D eigenvalue weighted by Crippen LogP contribution is 2.44. The highest BCUT2D eigenvalue weighted by molar-refractivity contribution is 5.68. The van der Waals surface area contributed by atoms with Gasteiger partial charge in [-0.15, -0.1) is 6.42 Å². The summed E-state index contributed by atoms with van der Waals surface area (Å²) in [5.41, 5.74) is 6.59. The van der Waals surface area contributed by atoms with Crippen molar-refractivity contribution in [2.75, 3.05) is 0 Å². The Kier molecular flexibility index (Phi) is 6.72. The maximum atomic E-state index is 6.05. The zero-order valence-corrected chi connectivity index (χ0v) is 17.2. The maximum Gasteiger partial charge on any atom is 0.0671 e. The van der Waals surface area contributed by atoms with E-state index < -0.39 is 0 Å². The summed E-state index contributed by atoms with van der Waals surface area (Å²) in [6, 6.07) is 17.2. The molecule has 4 rings (SSSR count). The molecule has 0 aliphatic heterocycles. The van der Waals surface area contributed by atoms with E-state index in [2.05, 4.69) is 106 Å². The van der Waals surface area contributed by atoms with E-state index in [-0.39, 0.29) is 5.92 Å². The third-order valence-corrected chi connectivity index (χ3v) is 5.43. The van der Waals surface area contributed by atoms with Gasteiger partial charge in [-0.2, -0.15) is 0 Å². The molecule has 0 saturated heterocycles. The van der Waals surface area contributed by atoms with Crippen LogP contribution in [0.3, 0.4) is 0 Å². The van der Waals surface area contributed by atoms with E-state index in [1.165, 1.54) is 34.2 Å². The molecule has 0 fully saturated rings. The van der Waals surface area contributed by atoms with Crippen LogP contribution in [0.4, 0.5) is 0 Å². The Morgan fingerprint density at radius 2 is 1.71 bits per heavy atom. The summed E-state index contributed by atoms with van der Waals surface area (Å²) in [4.78, 5) is 0. The van der Waals surface area contributed by atoms with E-state index in [1.807, 2.05) is 0 Å². The molecule has 0 saturated carbocycles. The minimum atomic E-state index is 0.0345. The van der Waals surface area contributed by atoms with Crippen LogP contribution in [0.15, 0.2) is 72.3 Å². The van der Waals surface area contributed by atoms with Crippen molar-refractivity contribution >= 4 is 12.2 Å². The van der Waals surface area contributed by atoms with E-state index >= 15 is 0 Å². The van der Waals surface area contributed by atoms with Crippen molar-refractivity contribution in [2.45, 2.75) is 39.5 Å². The third-order valence-electron chi connectivity index (χ3n) is 5.43. The van der Waals surface area contributed by atoms with E-state index in [1.54, 1.807) is 0 Å². The second-order valence-corrected chi connectivity index (χ2v) is 7.55. The monoisotopic (exact) mass is 366 g/mol. The number of hydrogen-bond donors (Lipinski definition) is 0. The normalized spacial score (nSPS) is 23.5. The molecular weight excluding hydrogens is 336 g/mol. The molecule has 0 nitrogen and oxygen atoms in total. The molecule has 3 atom stereocenters. The summed E-state index contributed by atoms with van der Waals surface area (Å²) in [5, 5.41) is 0. The maximum absolute atomic E-state index is 6.05. The number of fused-ring (bicyclic) bond motifs is 3. The first-order valence-corrected chi connectivity index (χ1v) is 10.4. The van der Waals surface area contributed by atoms with Crippen molar-refractivity contribution in [2.24, 2.45) is 11.8 Å². The van der Waals surface area contributed by atoms with Gasteiger partial charge in [0.25, 0.3) is 0 Å². The molecule has 0 N–H and O–H groups in total. The molecule has 0 radical (unpaired) electrons. The fourth-order valence-corrected chi connectivity index (χ4v) is 4.22. The Morgan fingerprint density at radius 1 is 1.04 bits per heavy atom. The van der Waals surface area contributed by atoms with Gasteiger partial charge in [-0.25, -0.2) is 0 Å². The van der Waals surface area contributed by atoms with Crippen molar-refractivity contribution in [3.63, 3.8) is 0 Å². The third kappa shape index (κ3) is 4.05. The van der Waals surface area contributed by atoms with Gasteiger partial charge in [-0.1, -0.05) is 105 Å². The molecular formula is C28H30. The average Bonchev–Trinajstić information content (AvgIpc) is 2.71. The molecule has 2 aliphatic rings. The standard InChI is InChI=1S/C25H22.C3H8/c1-3-9-18-14-15-19-10-7-8-13-23(19)22(4-2)25-17-21-12-6-5-11-20(21)16-24(18)25;1-3-2/h2-3,5-15,17-18,22,24H,16H2,1H3;3H2,1-2H3/b9-3?,15-14-;. The summed E-state index contributed by atoms with van der Waals surface area (Å²) < 4.78 is 0. The number of terminal acetylenes is 1. The highest BCUT2D eigenvalue weighted by Gasteiger charge is 2.32. The van der Waals surface area contributed by atoms with Crippen molar-refractivity contribution in [1.29, 1.82) is 0 Å². The quantitative estimate of drug-likeness (QED) is 0.367. The number of hydrogen-bond acceptors (Lipinski definition) is 0. The highest BCUT2D eigenvalue weighted by atomic mass is 14.4. The van der Waals surface area contributed by atoms with Gasteiger partial charge in [0.05, 0.1) is 5.92 Å². The largest absolute Gasteiger partial charge is 0.119 e. The van der Waals surface area contributed by atoms with Crippen LogP contribution in [-0.2, 0) is 6.42 Å². The lowest BCUT2D eigenvalue weighted by molar-refractivity contribution is 0.501. The first-order valence-electron chi connectivity index (χ1n) is 10.4. The Labute approximate surface area is 170 Å². The average molecular weight is 367 g/mol. The van der Waals surface area contributed by atoms with Crippen LogP contribution in [0, 0.1) is 24.2 Å². The summed E-state index contributed by atoms with van der Waals surface area (Å²) >= 11 is 0. The molecule has 2 aromatic carbocycles. The van der Waals surface area contributed by atoms with Gasteiger partial charge in [0.1, 0.15) is 0 Å². The van der Waals surface area contributed by atoms with E-state index in [0.717, 1.165) is 6.42 Å². The lowest BCUT2D eigenvalue weighted by Gasteiger charge is -2.35. The predicted molar refractivity (Wildman–Crippen MR) is 123 cm³/mol. The topological polar surface area (TPSA) is 0 Å². The van der Waals surface area contributed by atoms with Crippen LogP contribution in [0.5, 0.6) is 0 Å². The van der Waals surface area contributed by atoms with Crippen LogP contribution < -0.4 is 0 Å². The van der Waals surface area contributed by atoms with Crippen LogP contribution in [0.2, 0.25) is 0 Å². The number of rotatable bonds is 1. The second-order valence-electron chi connectivity index (χ2n) is 7.55. The molecule has 0 aromatic heterocycles. The predicted octanol–water partition coefficient (Wildman–Crippen LogP) is 7.29. The molecule has 0 bridgehead atoms. The Balaban J connectivity index is 0.000000706. The van der Waals surface area contributed by atoms with Gasteiger partial charge in [0.2, 0.25) is 0 Å². The van der Waals surface area contributed by atoms with E-state index in [4.69, 9.17) is 6.42 Å². The first kappa shape index (κ1) is 20.0. The fourth-order valence-electron chi connectivity index (χ4n) is 4.22. The smallest absolute Gasteiger partial charge is 0.0671 e. The van der Waals surface area contributed by atoms with Gasteiger partial charge in [0, 0.05) is 5.92 Å². The molecule has 3 unspecified atom stereocenters. The molecule has 2 aromatic rings. The first-order chi connectivity index (χ1) is 13.7. The van der Waals surface area contributed by atoms with Crippen LogP contribution >= 0.6 is 0 Å². The van der Waals surface area contributed by atoms with Crippen molar-refractivity contribution < 1.29 is 0 Å². The van der Waals surface area contributed by atoms with Crippen molar-refractivity contribution in [1.82, 2.24) is 0 Å². The van der Waals surface area contributed by atoms with E-state index in [0.29, 0.717) is 11.8 Å². The molecule has 0 spiro atoms. The number of allylic oxidation sites excluding steroid dienone is 4. The molecule has 142 valence electrons. The Bertz CT molecular complexity index is 933. The van der Waals surface area contributed by atoms with Crippen LogP contribution in [0.1, 0.15) is 55.4 Å². The minimum absolute atomic E-state index is 0.0345.